The van der Waals surface area contributed by atoms with Crippen molar-refractivity contribution >= 4 is 6.09 Å². The van der Waals surface area contributed by atoms with Crippen molar-refractivity contribution < 1.29 is 27.8 Å². The topological polar surface area (TPSA) is 49.8 Å². The van der Waals surface area contributed by atoms with Gasteiger partial charge in [0.25, 0.3) is 0 Å². The molecule has 0 saturated carbocycles. The zero-order valence-electron chi connectivity index (χ0n) is 12.7. The summed E-state index contributed by atoms with van der Waals surface area (Å²) in [6, 6.07) is 9.20. The minimum absolute atomic E-state index is 0.128. The van der Waals surface area contributed by atoms with Gasteiger partial charge < -0.3 is 14.7 Å². The Morgan fingerprint density at radius 1 is 1.22 bits per heavy atom. The average Bonchev–Trinajstić information content (AvgIpc) is 2.52. The fourth-order valence-corrected chi connectivity index (χ4v) is 2.54. The Labute approximate surface area is 132 Å². The first-order chi connectivity index (χ1) is 10.8. The summed E-state index contributed by atoms with van der Waals surface area (Å²) in [6.07, 6.45) is -5.87. The lowest BCUT2D eigenvalue weighted by Crippen LogP contribution is -2.47. The normalized spacial score (nSPS) is 17.8. The molecule has 1 saturated heterocycles. The van der Waals surface area contributed by atoms with Gasteiger partial charge in [-0.05, 0) is 24.8 Å². The average molecular weight is 331 g/mol. The molecule has 0 atom stereocenters. The third-order valence-electron chi connectivity index (χ3n) is 4.03. The number of carbonyl (C=O) groups excluding carboxylic acids is 1. The van der Waals surface area contributed by atoms with Crippen LogP contribution in [0, 0.1) is 0 Å². The number of carbonyl (C=O) groups is 1. The molecular formula is C16H20F3NO3. The summed E-state index contributed by atoms with van der Waals surface area (Å²) >= 11 is 0. The summed E-state index contributed by atoms with van der Waals surface area (Å²) in [5.41, 5.74) is -0.495. The molecule has 1 amide bonds. The molecule has 2 rings (SSSR count). The van der Waals surface area contributed by atoms with E-state index in [1.165, 1.54) is 4.90 Å². The van der Waals surface area contributed by atoms with Gasteiger partial charge in [-0.2, -0.15) is 13.2 Å². The molecule has 0 aliphatic carbocycles. The first kappa shape index (κ1) is 17.6. The number of piperidine rings is 1. The predicted molar refractivity (Wildman–Crippen MR) is 77.7 cm³/mol. The van der Waals surface area contributed by atoms with Gasteiger partial charge in [-0.1, -0.05) is 30.3 Å². The van der Waals surface area contributed by atoms with Crippen LogP contribution in [-0.2, 0) is 11.3 Å². The zero-order chi connectivity index (χ0) is 16.9. The number of benzene rings is 1. The molecule has 4 nitrogen and oxygen atoms in total. The molecule has 1 aromatic carbocycles. The maximum Gasteiger partial charge on any atom is 0.410 e. The van der Waals surface area contributed by atoms with E-state index in [0.717, 1.165) is 5.56 Å². The van der Waals surface area contributed by atoms with E-state index >= 15 is 0 Å². The van der Waals surface area contributed by atoms with E-state index in [1.54, 1.807) is 0 Å². The van der Waals surface area contributed by atoms with E-state index in [0.29, 0.717) is 0 Å². The van der Waals surface area contributed by atoms with Crippen molar-refractivity contribution in [1.82, 2.24) is 4.90 Å². The highest BCUT2D eigenvalue weighted by Crippen LogP contribution is 2.32. The van der Waals surface area contributed by atoms with E-state index in [2.05, 4.69) is 0 Å². The maximum absolute atomic E-state index is 12.3. The van der Waals surface area contributed by atoms with Gasteiger partial charge in [0.05, 0.1) is 5.60 Å². The minimum atomic E-state index is -4.28. The molecule has 1 aromatic rings. The van der Waals surface area contributed by atoms with Crippen molar-refractivity contribution in [2.24, 2.45) is 0 Å². The zero-order valence-corrected chi connectivity index (χ0v) is 12.7. The van der Waals surface area contributed by atoms with E-state index < -0.39 is 24.3 Å². The van der Waals surface area contributed by atoms with Crippen molar-refractivity contribution in [3.8, 4) is 0 Å². The quantitative estimate of drug-likeness (QED) is 0.919. The Hall–Kier alpha value is -1.76. The molecule has 0 bridgehead atoms. The predicted octanol–water partition coefficient (Wildman–Crippen LogP) is 3.49. The second-order valence-corrected chi connectivity index (χ2v) is 5.87. The van der Waals surface area contributed by atoms with Gasteiger partial charge in [0.1, 0.15) is 6.61 Å². The summed E-state index contributed by atoms with van der Waals surface area (Å²) in [5.74, 6) is 0. The lowest BCUT2D eigenvalue weighted by molar-refractivity contribution is -0.150. The van der Waals surface area contributed by atoms with Crippen LogP contribution in [0.4, 0.5) is 18.0 Å². The summed E-state index contributed by atoms with van der Waals surface area (Å²) in [6.45, 7) is 0.540. The molecule has 1 heterocycles. The van der Waals surface area contributed by atoms with Gasteiger partial charge >= 0.3 is 12.3 Å². The first-order valence-corrected chi connectivity index (χ1v) is 7.52. The molecule has 0 radical (unpaired) electrons. The van der Waals surface area contributed by atoms with Gasteiger partial charge in [-0.3, -0.25) is 0 Å². The summed E-state index contributed by atoms with van der Waals surface area (Å²) in [5, 5.41) is 10.2. The van der Waals surface area contributed by atoms with Crippen molar-refractivity contribution in [3.05, 3.63) is 35.9 Å². The number of alkyl halides is 3. The molecule has 7 heteroatoms. The number of rotatable bonds is 4. The van der Waals surface area contributed by atoms with Crippen LogP contribution in [0.25, 0.3) is 0 Å². The van der Waals surface area contributed by atoms with Crippen LogP contribution in [0.5, 0.6) is 0 Å². The van der Waals surface area contributed by atoms with Gasteiger partial charge in [0.15, 0.2) is 0 Å². The summed E-state index contributed by atoms with van der Waals surface area (Å²) in [7, 11) is 0. The molecule has 1 aliphatic heterocycles. The Balaban J connectivity index is 1.76. The van der Waals surface area contributed by atoms with Crippen molar-refractivity contribution in [2.75, 3.05) is 13.1 Å². The Morgan fingerprint density at radius 3 is 2.39 bits per heavy atom. The van der Waals surface area contributed by atoms with Crippen LogP contribution in [0.1, 0.15) is 31.2 Å². The standard InChI is InChI=1S/C16H20F3NO3/c17-16(18,19)7-6-15(22)8-10-20(11-9-15)14(21)23-12-13-4-2-1-3-5-13/h1-5,22H,6-12H2. The van der Waals surface area contributed by atoms with Crippen LogP contribution >= 0.6 is 0 Å². The van der Waals surface area contributed by atoms with Gasteiger partial charge in [-0.25, -0.2) is 4.79 Å². The van der Waals surface area contributed by atoms with E-state index in [-0.39, 0.29) is 39.0 Å². The van der Waals surface area contributed by atoms with E-state index in [9.17, 15) is 23.1 Å². The molecule has 0 unspecified atom stereocenters. The summed E-state index contributed by atoms with van der Waals surface area (Å²) in [4.78, 5) is 13.4. The number of likely N-dealkylation sites (tertiary alicyclic amines) is 1. The smallest absolute Gasteiger partial charge is 0.410 e. The fourth-order valence-electron chi connectivity index (χ4n) is 2.54. The van der Waals surface area contributed by atoms with Crippen molar-refractivity contribution in [1.29, 1.82) is 0 Å². The lowest BCUT2D eigenvalue weighted by atomic mass is 9.87. The van der Waals surface area contributed by atoms with Gasteiger partial charge in [0, 0.05) is 19.5 Å². The largest absolute Gasteiger partial charge is 0.445 e. The second kappa shape index (κ2) is 7.21. The number of halogens is 3. The third kappa shape index (κ3) is 5.74. The SMILES string of the molecule is O=C(OCc1ccccc1)N1CCC(O)(CCC(F)(F)F)CC1. The second-order valence-electron chi connectivity index (χ2n) is 5.87. The fraction of sp³-hybridized carbons (Fsp3) is 0.562. The number of aliphatic hydroxyl groups is 1. The molecule has 1 aliphatic rings. The molecule has 1 N–H and O–H groups in total. The minimum Gasteiger partial charge on any atom is -0.445 e. The van der Waals surface area contributed by atoms with E-state index in [1.807, 2.05) is 30.3 Å². The third-order valence-corrected chi connectivity index (χ3v) is 4.03. The number of hydrogen-bond donors (Lipinski definition) is 1. The molecular weight excluding hydrogens is 311 g/mol. The number of ether oxygens (including phenoxy) is 1. The Bertz CT molecular complexity index is 511. The van der Waals surface area contributed by atoms with Crippen LogP contribution in [0.3, 0.4) is 0 Å². The number of amides is 1. The van der Waals surface area contributed by atoms with Crippen LogP contribution in [-0.4, -0.2) is 41.0 Å². The van der Waals surface area contributed by atoms with Crippen LogP contribution < -0.4 is 0 Å². The molecule has 0 aromatic heterocycles. The van der Waals surface area contributed by atoms with Gasteiger partial charge in [-0.15, -0.1) is 0 Å². The highest BCUT2D eigenvalue weighted by molar-refractivity contribution is 5.67. The monoisotopic (exact) mass is 331 g/mol. The lowest BCUT2D eigenvalue weighted by Gasteiger charge is -2.37. The van der Waals surface area contributed by atoms with E-state index in [4.69, 9.17) is 4.74 Å². The number of nitrogens with zero attached hydrogens (tertiary/aromatic N) is 1. The Kier molecular flexibility index (Phi) is 5.51. The maximum atomic E-state index is 12.3. The van der Waals surface area contributed by atoms with Crippen LogP contribution in [0.2, 0.25) is 0 Å². The highest BCUT2D eigenvalue weighted by atomic mass is 19.4. The Morgan fingerprint density at radius 2 is 1.83 bits per heavy atom. The molecule has 23 heavy (non-hydrogen) atoms. The first-order valence-electron chi connectivity index (χ1n) is 7.52. The van der Waals surface area contributed by atoms with Crippen LogP contribution in [0.15, 0.2) is 30.3 Å². The van der Waals surface area contributed by atoms with Gasteiger partial charge in [0.2, 0.25) is 0 Å². The molecule has 1 fully saturated rings. The summed E-state index contributed by atoms with van der Waals surface area (Å²) < 4.78 is 41.9. The van der Waals surface area contributed by atoms with Crippen molar-refractivity contribution in [3.63, 3.8) is 0 Å². The number of hydrogen-bond acceptors (Lipinski definition) is 3. The van der Waals surface area contributed by atoms with Crippen molar-refractivity contribution in [2.45, 2.75) is 44.1 Å². The highest BCUT2D eigenvalue weighted by Gasteiger charge is 2.38. The molecule has 128 valence electrons. The molecule has 0 spiro atoms.